The monoisotopic (exact) mass is 325 g/mol. The molecule has 0 aliphatic heterocycles. The molecule has 127 valence electrons. The lowest BCUT2D eigenvalue weighted by Gasteiger charge is -2.12. The molecule has 2 aromatic carbocycles. The average Bonchev–Trinajstić information content (AvgIpc) is 2.64. The van der Waals surface area contributed by atoms with Gasteiger partial charge in [-0.15, -0.1) is 0 Å². The zero-order chi connectivity index (χ0) is 17.2. The van der Waals surface area contributed by atoms with Crippen LogP contribution in [0.3, 0.4) is 0 Å². The second-order valence-corrected chi connectivity index (χ2v) is 5.88. The summed E-state index contributed by atoms with van der Waals surface area (Å²) >= 11 is 0. The van der Waals surface area contributed by atoms with E-state index < -0.39 is 5.97 Å². The first-order valence-corrected chi connectivity index (χ1v) is 8.58. The molecule has 0 aliphatic carbocycles. The number of rotatable bonds is 9. The largest absolute Gasteiger partial charge is 0.373 e. The van der Waals surface area contributed by atoms with Crippen molar-refractivity contribution in [3.05, 3.63) is 66.3 Å². The van der Waals surface area contributed by atoms with Gasteiger partial charge < -0.3 is 0 Å². The molecule has 0 heterocycles. The molecule has 0 spiro atoms. The summed E-state index contributed by atoms with van der Waals surface area (Å²) in [5, 5.41) is 0. The van der Waals surface area contributed by atoms with Crippen LogP contribution in [0.4, 0.5) is 0 Å². The van der Waals surface area contributed by atoms with E-state index in [0.717, 1.165) is 30.1 Å². The minimum Gasteiger partial charge on any atom is -0.292 e. The highest BCUT2D eigenvalue weighted by Gasteiger charge is 2.16. The molecule has 0 unspecified atom stereocenters. The molecular formula is C21H25O3. The Balaban J connectivity index is 1.93. The highest BCUT2D eigenvalue weighted by Crippen LogP contribution is 2.24. The Morgan fingerprint density at radius 2 is 1.58 bits per heavy atom. The van der Waals surface area contributed by atoms with Gasteiger partial charge in [-0.1, -0.05) is 81.1 Å². The molecule has 0 fully saturated rings. The molecule has 0 aliphatic rings. The molecule has 0 saturated carbocycles. The van der Waals surface area contributed by atoms with Crippen LogP contribution in [-0.2, 0) is 9.78 Å². The van der Waals surface area contributed by atoms with Gasteiger partial charge in [-0.25, -0.2) is 4.79 Å². The molecule has 24 heavy (non-hydrogen) atoms. The number of carbonyl (C=O) groups is 1. The van der Waals surface area contributed by atoms with Crippen LogP contribution in [0, 0.1) is 6.10 Å². The molecule has 0 N–H and O–H groups in total. The van der Waals surface area contributed by atoms with Crippen LogP contribution < -0.4 is 0 Å². The molecule has 3 nitrogen and oxygen atoms in total. The molecule has 0 saturated heterocycles. The second-order valence-electron chi connectivity index (χ2n) is 5.88. The van der Waals surface area contributed by atoms with Crippen LogP contribution in [0.5, 0.6) is 0 Å². The third kappa shape index (κ3) is 5.50. The van der Waals surface area contributed by atoms with Gasteiger partial charge in [0.25, 0.3) is 0 Å². The van der Waals surface area contributed by atoms with E-state index in [0.29, 0.717) is 5.56 Å². The lowest BCUT2D eigenvalue weighted by molar-refractivity contribution is -0.233. The molecule has 0 amide bonds. The molecule has 0 aromatic heterocycles. The highest BCUT2D eigenvalue weighted by molar-refractivity contribution is 5.96. The van der Waals surface area contributed by atoms with E-state index in [1.54, 1.807) is 6.07 Å². The minimum absolute atomic E-state index is 0.470. The van der Waals surface area contributed by atoms with Crippen LogP contribution in [0.2, 0.25) is 0 Å². The van der Waals surface area contributed by atoms with Gasteiger partial charge in [0.2, 0.25) is 0 Å². The van der Waals surface area contributed by atoms with E-state index in [9.17, 15) is 4.79 Å². The highest BCUT2D eigenvalue weighted by atomic mass is 17.2. The summed E-state index contributed by atoms with van der Waals surface area (Å²) in [6.45, 7) is 4.03. The van der Waals surface area contributed by atoms with Gasteiger partial charge >= 0.3 is 5.97 Å². The Kier molecular flexibility index (Phi) is 7.50. The maximum Gasteiger partial charge on any atom is 0.373 e. The Hall–Kier alpha value is -2.13. The van der Waals surface area contributed by atoms with Gasteiger partial charge in [0.05, 0.1) is 5.56 Å². The van der Waals surface area contributed by atoms with E-state index in [2.05, 4.69) is 6.92 Å². The van der Waals surface area contributed by atoms with Crippen molar-refractivity contribution < 1.29 is 14.6 Å². The zero-order valence-electron chi connectivity index (χ0n) is 14.5. The summed E-state index contributed by atoms with van der Waals surface area (Å²) in [7, 11) is 0. The maximum atomic E-state index is 12.4. The second kappa shape index (κ2) is 9.89. The van der Waals surface area contributed by atoms with Gasteiger partial charge in [-0.3, -0.25) is 4.89 Å². The topological polar surface area (TPSA) is 35.5 Å². The lowest BCUT2D eigenvalue weighted by Crippen LogP contribution is -2.10. The predicted molar refractivity (Wildman–Crippen MR) is 96.1 cm³/mol. The normalized spacial score (nSPS) is 10.8. The molecule has 2 aromatic rings. The fraction of sp³-hybridized carbons (Fsp3) is 0.333. The number of benzene rings is 2. The molecule has 1 radical (unpaired) electrons. The Bertz CT molecular complexity index is 622. The first-order chi connectivity index (χ1) is 11.7. The maximum absolute atomic E-state index is 12.4. The van der Waals surface area contributed by atoms with Gasteiger partial charge in [0.1, 0.15) is 6.10 Å². The van der Waals surface area contributed by atoms with Crippen LogP contribution >= 0.6 is 0 Å². The molecule has 0 atom stereocenters. The number of carbonyl (C=O) groups excluding carboxylic acids is 1. The van der Waals surface area contributed by atoms with Crippen molar-refractivity contribution in [3.8, 4) is 11.1 Å². The van der Waals surface area contributed by atoms with Gasteiger partial charge in [0.15, 0.2) is 0 Å². The number of hydrogen-bond donors (Lipinski definition) is 0. The minimum atomic E-state index is -0.470. The van der Waals surface area contributed by atoms with Gasteiger partial charge in [-0.05, 0) is 30.5 Å². The Morgan fingerprint density at radius 3 is 2.33 bits per heavy atom. The first kappa shape index (κ1) is 18.2. The smallest absolute Gasteiger partial charge is 0.292 e. The summed E-state index contributed by atoms with van der Waals surface area (Å²) in [5.41, 5.74) is 2.32. The summed E-state index contributed by atoms with van der Waals surface area (Å²) in [6, 6.07) is 17.2. The summed E-state index contributed by atoms with van der Waals surface area (Å²) < 4.78 is 0. The van der Waals surface area contributed by atoms with Crippen molar-refractivity contribution in [1.82, 2.24) is 0 Å². The standard InChI is InChI=1S/C21H25O3/c1-3-4-5-7-12-17(2)23-24-21(22)20-16-11-10-15-19(20)18-13-8-6-9-14-18/h6,8-11,13-16H,3-5,7,12H2,1-2H3. The van der Waals surface area contributed by atoms with E-state index in [1.165, 1.54) is 19.3 Å². The van der Waals surface area contributed by atoms with Crippen LogP contribution in [0.25, 0.3) is 11.1 Å². The van der Waals surface area contributed by atoms with Crippen LogP contribution in [0.15, 0.2) is 54.6 Å². The summed E-state index contributed by atoms with van der Waals surface area (Å²) in [4.78, 5) is 22.6. The first-order valence-electron chi connectivity index (χ1n) is 8.58. The number of unbranched alkanes of at least 4 members (excludes halogenated alkanes) is 3. The molecular weight excluding hydrogens is 300 g/mol. The zero-order valence-corrected chi connectivity index (χ0v) is 14.5. The SMILES string of the molecule is CCCCCC[C](C)OOC(=O)c1ccccc1-c1ccccc1. The fourth-order valence-electron chi connectivity index (χ4n) is 2.53. The molecule has 2 rings (SSSR count). The van der Waals surface area contributed by atoms with Crippen molar-refractivity contribution >= 4 is 5.97 Å². The van der Waals surface area contributed by atoms with Gasteiger partial charge in [-0.2, -0.15) is 4.89 Å². The quantitative estimate of drug-likeness (QED) is 0.324. The van der Waals surface area contributed by atoms with Crippen LogP contribution in [-0.4, -0.2) is 5.97 Å². The van der Waals surface area contributed by atoms with E-state index in [-0.39, 0.29) is 0 Å². The summed E-state index contributed by atoms with van der Waals surface area (Å²) in [5.74, 6) is -0.470. The summed E-state index contributed by atoms with van der Waals surface area (Å²) in [6.07, 6.45) is 6.19. The predicted octanol–water partition coefficient (Wildman–Crippen LogP) is 5.96. The van der Waals surface area contributed by atoms with Crippen molar-refractivity contribution in [2.24, 2.45) is 0 Å². The molecule has 0 bridgehead atoms. The van der Waals surface area contributed by atoms with E-state index in [4.69, 9.17) is 9.78 Å². The Labute approximate surface area is 144 Å². The molecule has 3 heteroatoms. The Morgan fingerprint density at radius 1 is 0.875 bits per heavy atom. The van der Waals surface area contributed by atoms with E-state index >= 15 is 0 Å². The fourth-order valence-corrected chi connectivity index (χ4v) is 2.53. The van der Waals surface area contributed by atoms with Crippen molar-refractivity contribution in [2.75, 3.05) is 0 Å². The third-order valence-corrected chi connectivity index (χ3v) is 3.87. The third-order valence-electron chi connectivity index (χ3n) is 3.87. The number of hydrogen-bond acceptors (Lipinski definition) is 3. The van der Waals surface area contributed by atoms with Crippen molar-refractivity contribution in [3.63, 3.8) is 0 Å². The van der Waals surface area contributed by atoms with Gasteiger partial charge in [0, 0.05) is 0 Å². The van der Waals surface area contributed by atoms with E-state index in [1.807, 2.05) is 55.5 Å². The average molecular weight is 325 g/mol. The van der Waals surface area contributed by atoms with Crippen LogP contribution in [0.1, 0.15) is 56.3 Å². The van der Waals surface area contributed by atoms with Crippen molar-refractivity contribution in [1.29, 1.82) is 0 Å². The lowest BCUT2D eigenvalue weighted by atomic mass is 10.00. The van der Waals surface area contributed by atoms with Crippen molar-refractivity contribution in [2.45, 2.75) is 46.0 Å².